The summed E-state index contributed by atoms with van der Waals surface area (Å²) in [6, 6.07) is 0.153. The van der Waals surface area contributed by atoms with Crippen LogP contribution in [0.15, 0.2) is 9.64 Å². The van der Waals surface area contributed by atoms with Crippen LogP contribution in [0.1, 0.15) is 44.9 Å². The molecule has 0 aromatic carbocycles. The predicted octanol–water partition coefficient (Wildman–Crippen LogP) is 1.37. The number of amides is 1. The molecule has 7 nitrogen and oxygen atoms in total. The Morgan fingerprint density at radius 3 is 2.91 bits per heavy atom. The van der Waals surface area contributed by atoms with Gasteiger partial charge in [-0.1, -0.05) is 25.1 Å². The van der Waals surface area contributed by atoms with Gasteiger partial charge in [0.25, 0.3) is 5.22 Å². The van der Waals surface area contributed by atoms with Crippen LogP contribution in [-0.2, 0) is 14.6 Å². The van der Waals surface area contributed by atoms with Crippen LogP contribution in [0.5, 0.6) is 0 Å². The van der Waals surface area contributed by atoms with E-state index in [-0.39, 0.29) is 35.1 Å². The molecule has 1 aliphatic heterocycles. The Morgan fingerprint density at radius 1 is 1.50 bits per heavy atom. The largest absolute Gasteiger partial charge is 0.416 e. The molecule has 124 valence electrons. The first-order valence-electron chi connectivity index (χ1n) is 7.35. The summed E-state index contributed by atoms with van der Waals surface area (Å²) in [5, 5.41) is 11.0. The second-order valence-corrected chi connectivity index (χ2v) is 8.71. The molecule has 0 unspecified atom stereocenters. The fraction of sp³-hybridized carbons (Fsp3) is 0.769. The third kappa shape index (κ3) is 4.98. The van der Waals surface area contributed by atoms with Crippen LogP contribution >= 0.6 is 11.8 Å². The Hall–Kier alpha value is -1.09. The Balaban J connectivity index is 1.81. The van der Waals surface area contributed by atoms with Gasteiger partial charge in [-0.2, -0.15) is 0 Å². The van der Waals surface area contributed by atoms with E-state index in [1.807, 2.05) is 6.92 Å². The minimum atomic E-state index is -2.98. The number of carbonyl (C=O) groups is 1. The molecule has 1 amide bonds. The summed E-state index contributed by atoms with van der Waals surface area (Å²) in [7, 11) is -2.98. The highest BCUT2D eigenvalue weighted by Crippen LogP contribution is 2.29. The maximum Gasteiger partial charge on any atom is 0.277 e. The Bertz CT molecular complexity index is 615. The quantitative estimate of drug-likeness (QED) is 0.743. The second-order valence-electron chi connectivity index (χ2n) is 5.55. The number of sulfone groups is 1. The van der Waals surface area contributed by atoms with E-state index in [1.54, 1.807) is 0 Å². The lowest BCUT2D eigenvalue weighted by Crippen LogP contribution is -2.33. The van der Waals surface area contributed by atoms with Gasteiger partial charge in [-0.25, -0.2) is 8.42 Å². The number of nitrogens with one attached hydrogen (secondary N) is 1. The minimum Gasteiger partial charge on any atom is -0.416 e. The first kappa shape index (κ1) is 17.3. The standard InChI is InChI=1S/C13H21N3O4S2/c1-3-4-9(2)14-11(17)7-21-13-16-15-12(20-13)10-5-6-22(18,19)8-10/h9-10H,3-8H2,1-2H3,(H,14,17)/t9-,10-/m0/s1. The molecule has 1 aromatic rings. The zero-order valence-electron chi connectivity index (χ0n) is 12.7. The van der Waals surface area contributed by atoms with E-state index >= 15 is 0 Å². The fourth-order valence-corrected chi connectivity index (χ4v) is 4.70. The summed E-state index contributed by atoms with van der Waals surface area (Å²) in [5.74, 6) is 0.496. The lowest BCUT2D eigenvalue weighted by Gasteiger charge is -2.11. The van der Waals surface area contributed by atoms with Crippen LogP contribution in [0.2, 0.25) is 0 Å². The van der Waals surface area contributed by atoms with Crippen molar-refractivity contribution in [2.75, 3.05) is 17.3 Å². The van der Waals surface area contributed by atoms with Crippen molar-refractivity contribution in [3.63, 3.8) is 0 Å². The molecular weight excluding hydrogens is 326 g/mol. The SMILES string of the molecule is CCC[C@H](C)NC(=O)CSc1nnc([C@H]2CCS(=O)(=O)C2)o1. The van der Waals surface area contributed by atoms with Crippen molar-refractivity contribution in [1.29, 1.82) is 0 Å². The van der Waals surface area contributed by atoms with E-state index in [4.69, 9.17) is 4.42 Å². The summed E-state index contributed by atoms with van der Waals surface area (Å²) in [4.78, 5) is 11.7. The van der Waals surface area contributed by atoms with Crippen molar-refractivity contribution in [1.82, 2.24) is 15.5 Å². The predicted molar refractivity (Wildman–Crippen MR) is 83.5 cm³/mol. The summed E-state index contributed by atoms with van der Waals surface area (Å²) in [6.07, 6.45) is 2.48. The van der Waals surface area contributed by atoms with Crippen molar-refractivity contribution in [3.8, 4) is 0 Å². The number of hydrogen-bond donors (Lipinski definition) is 1. The fourth-order valence-electron chi connectivity index (χ4n) is 2.38. The van der Waals surface area contributed by atoms with Crippen LogP contribution < -0.4 is 5.32 Å². The van der Waals surface area contributed by atoms with Crippen molar-refractivity contribution in [2.45, 2.75) is 50.3 Å². The number of thioether (sulfide) groups is 1. The molecular formula is C13H21N3O4S2. The van der Waals surface area contributed by atoms with Gasteiger partial charge in [0.15, 0.2) is 9.84 Å². The van der Waals surface area contributed by atoms with Gasteiger partial charge >= 0.3 is 0 Å². The zero-order valence-corrected chi connectivity index (χ0v) is 14.4. The third-order valence-electron chi connectivity index (χ3n) is 3.46. The first-order valence-corrected chi connectivity index (χ1v) is 10.2. The lowest BCUT2D eigenvalue weighted by atomic mass is 10.1. The molecule has 2 atom stereocenters. The average Bonchev–Trinajstić information content (AvgIpc) is 3.03. The molecule has 1 aromatic heterocycles. The minimum absolute atomic E-state index is 0.0638. The summed E-state index contributed by atoms with van der Waals surface area (Å²) >= 11 is 1.17. The van der Waals surface area contributed by atoms with E-state index in [9.17, 15) is 13.2 Å². The van der Waals surface area contributed by atoms with Crippen molar-refractivity contribution >= 4 is 27.5 Å². The zero-order chi connectivity index (χ0) is 16.2. The van der Waals surface area contributed by atoms with Crippen molar-refractivity contribution < 1.29 is 17.6 Å². The molecule has 1 saturated heterocycles. The van der Waals surface area contributed by atoms with E-state index in [0.29, 0.717) is 17.5 Å². The van der Waals surface area contributed by atoms with E-state index in [1.165, 1.54) is 11.8 Å². The van der Waals surface area contributed by atoms with Gasteiger partial charge in [0.1, 0.15) is 0 Å². The molecule has 0 saturated carbocycles. The second kappa shape index (κ2) is 7.45. The molecule has 2 rings (SSSR count). The van der Waals surface area contributed by atoms with Crippen LogP contribution in [0.3, 0.4) is 0 Å². The lowest BCUT2D eigenvalue weighted by molar-refractivity contribution is -0.119. The average molecular weight is 347 g/mol. The molecule has 0 radical (unpaired) electrons. The number of nitrogens with zero attached hydrogens (tertiary/aromatic N) is 2. The van der Waals surface area contributed by atoms with Gasteiger partial charge in [-0.15, -0.1) is 10.2 Å². The number of carbonyl (C=O) groups excluding carboxylic acids is 1. The topological polar surface area (TPSA) is 102 Å². The Kier molecular flexibility index (Phi) is 5.85. The molecule has 1 fully saturated rings. The molecule has 1 aliphatic rings. The third-order valence-corrected chi connectivity index (χ3v) is 6.05. The van der Waals surface area contributed by atoms with Gasteiger partial charge in [-0.05, 0) is 19.8 Å². The van der Waals surface area contributed by atoms with Gasteiger partial charge in [0.2, 0.25) is 11.8 Å². The smallest absolute Gasteiger partial charge is 0.277 e. The highest BCUT2D eigenvalue weighted by atomic mass is 32.2. The number of hydrogen-bond acceptors (Lipinski definition) is 7. The van der Waals surface area contributed by atoms with Crippen molar-refractivity contribution in [3.05, 3.63) is 5.89 Å². The summed E-state index contributed by atoms with van der Waals surface area (Å²) in [6.45, 7) is 4.04. The Morgan fingerprint density at radius 2 is 2.27 bits per heavy atom. The van der Waals surface area contributed by atoms with Gasteiger partial charge in [0, 0.05) is 6.04 Å². The monoisotopic (exact) mass is 347 g/mol. The maximum atomic E-state index is 11.7. The van der Waals surface area contributed by atoms with Crippen LogP contribution in [-0.4, -0.2) is 47.8 Å². The molecule has 22 heavy (non-hydrogen) atoms. The van der Waals surface area contributed by atoms with Crippen molar-refractivity contribution in [2.24, 2.45) is 0 Å². The van der Waals surface area contributed by atoms with E-state index < -0.39 is 9.84 Å². The van der Waals surface area contributed by atoms with Gasteiger partial charge < -0.3 is 9.73 Å². The highest BCUT2D eigenvalue weighted by Gasteiger charge is 2.32. The molecule has 0 bridgehead atoms. The Labute approximate surface area is 134 Å². The number of rotatable bonds is 7. The van der Waals surface area contributed by atoms with E-state index in [0.717, 1.165) is 12.8 Å². The summed E-state index contributed by atoms with van der Waals surface area (Å²) in [5.41, 5.74) is 0. The molecule has 1 N–H and O–H groups in total. The molecule has 0 aliphatic carbocycles. The van der Waals surface area contributed by atoms with Crippen LogP contribution in [0.25, 0.3) is 0 Å². The van der Waals surface area contributed by atoms with Gasteiger partial charge in [0.05, 0.1) is 23.2 Å². The van der Waals surface area contributed by atoms with E-state index in [2.05, 4.69) is 22.4 Å². The molecule has 0 spiro atoms. The van der Waals surface area contributed by atoms with Crippen LogP contribution in [0.4, 0.5) is 0 Å². The highest BCUT2D eigenvalue weighted by molar-refractivity contribution is 7.99. The molecule has 2 heterocycles. The molecule has 9 heteroatoms. The summed E-state index contributed by atoms with van der Waals surface area (Å²) < 4.78 is 28.3. The number of aromatic nitrogens is 2. The van der Waals surface area contributed by atoms with Gasteiger partial charge in [-0.3, -0.25) is 4.79 Å². The first-order chi connectivity index (χ1) is 10.4. The van der Waals surface area contributed by atoms with Crippen LogP contribution in [0, 0.1) is 0 Å². The maximum absolute atomic E-state index is 11.7. The normalized spacial score (nSPS) is 21.6.